The number of benzene rings is 3. The number of rotatable bonds is 6. The van der Waals surface area contributed by atoms with Gasteiger partial charge in [-0.15, -0.1) is 0 Å². The molecule has 1 fully saturated rings. The van der Waals surface area contributed by atoms with Crippen molar-refractivity contribution in [2.75, 3.05) is 43.4 Å². The Morgan fingerprint density at radius 1 is 0.969 bits per heavy atom. The molecule has 1 aliphatic heterocycles. The lowest BCUT2D eigenvalue weighted by molar-refractivity contribution is -0.384. The minimum absolute atomic E-state index is 0.0637. The van der Waals surface area contributed by atoms with Crippen molar-refractivity contribution in [1.82, 2.24) is 4.90 Å². The molecule has 7 heteroatoms. The van der Waals surface area contributed by atoms with E-state index in [1.54, 1.807) is 6.07 Å². The predicted octanol–water partition coefficient (Wildman–Crippen LogP) is 4.42. The zero-order valence-corrected chi connectivity index (χ0v) is 17.9. The van der Waals surface area contributed by atoms with E-state index in [0.717, 1.165) is 43.0 Å². The minimum Gasteiger partial charge on any atom is -0.369 e. The quantitative estimate of drug-likeness (QED) is 0.463. The summed E-state index contributed by atoms with van der Waals surface area (Å²) in [6.07, 6.45) is 0. The van der Waals surface area contributed by atoms with Crippen molar-refractivity contribution < 1.29 is 4.92 Å². The molecule has 4 rings (SSSR count). The molecule has 1 N–H and O–H groups in total. The minimum atomic E-state index is -0.471. The number of nitro groups is 1. The normalized spacial score (nSPS) is 14.2. The van der Waals surface area contributed by atoms with Gasteiger partial charge >= 0.3 is 5.69 Å². The molecule has 0 saturated carbocycles. The van der Waals surface area contributed by atoms with Crippen molar-refractivity contribution in [2.24, 2.45) is 0 Å². The summed E-state index contributed by atoms with van der Waals surface area (Å²) < 4.78 is 0. The van der Waals surface area contributed by atoms with Gasteiger partial charge in [-0.3, -0.25) is 10.1 Å². The van der Waals surface area contributed by atoms with Crippen LogP contribution in [0.4, 0.5) is 17.1 Å². The van der Waals surface area contributed by atoms with Crippen LogP contribution in [0.1, 0.15) is 22.7 Å². The summed E-state index contributed by atoms with van der Waals surface area (Å²) in [6.45, 7) is 3.41. The fraction of sp³-hybridized carbons (Fsp3) is 0.240. The molecule has 0 atom stereocenters. The Morgan fingerprint density at radius 3 is 2.03 bits per heavy atom. The maximum atomic E-state index is 12.0. The molecule has 0 aliphatic carbocycles. The summed E-state index contributed by atoms with van der Waals surface area (Å²) in [6, 6.07) is 24.8. The standard InChI is InChI=1S/C25H25N5O2/c1-28-12-14-29(15-13-28)22-16-21(18-26)25(30(31)32)23(17-22)27-24(19-8-4-2-5-9-19)20-10-6-3-7-11-20/h2-11,16-17,24,27H,12-15H2,1H3. The van der Waals surface area contributed by atoms with Crippen molar-refractivity contribution in [3.63, 3.8) is 0 Å². The Balaban J connectivity index is 1.80. The third-order valence-electron chi connectivity index (χ3n) is 5.83. The van der Waals surface area contributed by atoms with Gasteiger partial charge in [-0.05, 0) is 30.3 Å². The summed E-state index contributed by atoms with van der Waals surface area (Å²) in [4.78, 5) is 15.9. The van der Waals surface area contributed by atoms with Crippen LogP contribution in [-0.4, -0.2) is 43.0 Å². The number of likely N-dealkylation sites (N-methyl/N-ethyl adjacent to an activating group) is 1. The molecule has 0 spiro atoms. The molecule has 0 bridgehead atoms. The number of hydrogen-bond acceptors (Lipinski definition) is 6. The van der Waals surface area contributed by atoms with E-state index in [0.29, 0.717) is 5.69 Å². The van der Waals surface area contributed by atoms with Gasteiger partial charge in [-0.1, -0.05) is 60.7 Å². The molecule has 0 aromatic heterocycles. The summed E-state index contributed by atoms with van der Waals surface area (Å²) in [5.74, 6) is 0. The first-order valence-electron chi connectivity index (χ1n) is 10.6. The van der Waals surface area contributed by atoms with Crippen LogP contribution >= 0.6 is 0 Å². The van der Waals surface area contributed by atoms with E-state index in [-0.39, 0.29) is 17.3 Å². The molecule has 0 amide bonds. The molecule has 3 aromatic carbocycles. The highest BCUT2D eigenvalue weighted by Crippen LogP contribution is 2.37. The Morgan fingerprint density at radius 2 is 1.53 bits per heavy atom. The number of nitriles is 1. The van der Waals surface area contributed by atoms with Gasteiger partial charge in [0, 0.05) is 31.9 Å². The average molecular weight is 428 g/mol. The Kier molecular flexibility index (Phi) is 6.34. The van der Waals surface area contributed by atoms with Gasteiger partial charge in [0.1, 0.15) is 17.3 Å². The summed E-state index contributed by atoms with van der Waals surface area (Å²) in [5.41, 5.74) is 3.01. The molecule has 7 nitrogen and oxygen atoms in total. The first kappa shape index (κ1) is 21.3. The van der Waals surface area contributed by atoms with Crippen LogP contribution < -0.4 is 10.2 Å². The molecule has 162 valence electrons. The van der Waals surface area contributed by atoms with E-state index in [1.807, 2.05) is 72.8 Å². The fourth-order valence-electron chi connectivity index (χ4n) is 4.06. The highest BCUT2D eigenvalue weighted by atomic mass is 16.6. The number of anilines is 2. The van der Waals surface area contributed by atoms with Crippen molar-refractivity contribution in [3.8, 4) is 6.07 Å². The van der Waals surface area contributed by atoms with Gasteiger partial charge in [0.25, 0.3) is 0 Å². The number of nitro benzene ring substituents is 1. The van der Waals surface area contributed by atoms with Gasteiger partial charge in [0.05, 0.1) is 11.0 Å². The Labute approximate surface area is 187 Å². The van der Waals surface area contributed by atoms with E-state index in [4.69, 9.17) is 0 Å². The highest BCUT2D eigenvalue weighted by molar-refractivity contribution is 5.76. The van der Waals surface area contributed by atoms with Gasteiger partial charge in [0.2, 0.25) is 0 Å². The second-order valence-electron chi connectivity index (χ2n) is 7.95. The summed E-state index contributed by atoms with van der Waals surface area (Å²) in [5, 5.41) is 25.1. The third kappa shape index (κ3) is 4.56. The van der Waals surface area contributed by atoms with Crippen LogP contribution in [0.5, 0.6) is 0 Å². The van der Waals surface area contributed by atoms with Gasteiger partial charge in [0.15, 0.2) is 0 Å². The van der Waals surface area contributed by atoms with E-state index in [9.17, 15) is 15.4 Å². The zero-order valence-electron chi connectivity index (χ0n) is 17.9. The first-order valence-corrected chi connectivity index (χ1v) is 10.6. The number of piperazine rings is 1. The third-order valence-corrected chi connectivity index (χ3v) is 5.83. The van der Waals surface area contributed by atoms with Crippen LogP contribution in [0.15, 0.2) is 72.8 Å². The van der Waals surface area contributed by atoms with E-state index in [1.165, 1.54) is 0 Å². The molecule has 32 heavy (non-hydrogen) atoms. The van der Waals surface area contributed by atoms with E-state index >= 15 is 0 Å². The Hall–Kier alpha value is -3.89. The first-order chi connectivity index (χ1) is 15.6. The van der Waals surface area contributed by atoms with Crippen molar-refractivity contribution in [2.45, 2.75) is 6.04 Å². The monoisotopic (exact) mass is 427 g/mol. The van der Waals surface area contributed by atoms with Crippen LogP contribution in [0, 0.1) is 21.4 Å². The Bertz CT molecular complexity index is 1080. The molecule has 0 unspecified atom stereocenters. The largest absolute Gasteiger partial charge is 0.369 e. The van der Waals surface area contributed by atoms with Gasteiger partial charge in [-0.2, -0.15) is 5.26 Å². The molecule has 1 saturated heterocycles. The van der Waals surface area contributed by atoms with Gasteiger partial charge < -0.3 is 15.1 Å². The zero-order chi connectivity index (χ0) is 22.5. The number of nitrogens with one attached hydrogen (secondary N) is 1. The van der Waals surface area contributed by atoms with Crippen molar-refractivity contribution in [3.05, 3.63) is 99.6 Å². The molecular weight excluding hydrogens is 402 g/mol. The average Bonchev–Trinajstić information content (AvgIpc) is 2.83. The van der Waals surface area contributed by atoms with Crippen LogP contribution in [0.25, 0.3) is 0 Å². The number of hydrogen-bond donors (Lipinski definition) is 1. The fourth-order valence-corrected chi connectivity index (χ4v) is 4.06. The van der Waals surface area contributed by atoms with Crippen LogP contribution in [0.2, 0.25) is 0 Å². The molecule has 3 aromatic rings. The summed E-state index contributed by atoms with van der Waals surface area (Å²) >= 11 is 0. The molecule has 1 heterocycles. The van der Waals surface area contributed by atoms with E-state index in [2.05, 4.69) is 22.2 Å². The van der Waals surface area contributed by atoms with Gasteiger partial charge in [-0.25, -0.2) is 0 Å². The predicted molar refractivity (Wildman–Crippen MR) is 126 cm³/mol. The maximum absolute atomic E-state index is 12.0. The second kappa shape index (κ2) is 9.50. The van der Waals surface area contributed by atoms with Crippen molar-refractivity contribution >= 4 is 17.1 Å². The second-order valence-corrected chi connectivity index (χ2v) is 7.95. The van der Waals surface area contributed by atoms with Crippen LogP contribution in [-0.2, 0) is 0 Å². The smallest absolute Gasteiger partial charge is 0.310 e. The lowest BCUT2D eigenvalue weighted by Crippen LogP contribution is -2.44. The lowest BCUT2D eigenvalue weighted by Gasteiger charge is -2.34. The van der Waals surface area contributed by atoms with Crippen LogP contribution in [0.3, 0.4) is 0 Å². The topological polar surface area (TPSA) is 85.4 Å². The number of nitrogens with zero attached hydrogens (tertiary/aromatic N) is 4. The van der Waals surface area contributed by atoms with Crippen molar-refractivity contribution in [1.29, 1.82) is 5.26 Å². The lowest BCUT2D eigenvalue weighted by atomic mass is 9.98. The van der Waals surface area contributed by atoms with E-state index < -0.39 is 4.92 Å². The summed E-state index contributed by atoms with van der Waals surface area (Å²) in [7, 11) is 2.07. The maximum Gasteiger partial charge on any atom is 0.310 e. The molecule has 0 radical (unpaired) electrons. The molecular formula is C25H25N5O2. The SMILES string of the molecule is CN1CCN(c2cc(C#N)c([N+](=O)[O-])c(NC(c3ccccc3)c3ccccc3)c2)CC1. The molecule has 1 aliphatic rings. The highest BCUT2D eigenvalue weighted by Gasteiger charge is 2.27.